The van der Waals surface area contributed by atoms with Crippen LogP contribution in [0.15, 0.2) is 479 Å². The first kappa shape index (κ1) is 73.7. The summed E-state index contributed by atoms with van der Waals surface area (Å²) in [6.45, 7) is 2.20. The van der Waals surface area contributed by atoms with Crippen LogP contribution < -0.4 is 9.80 Å². The zero-order valence-corrected chi connectivity index (χ0v) is 68.9. The Balaban J connectivity index is 0.000000144. The third-order valence-electron chi connectivity index (χ3n) is 25.4. The van der Waals surface area contributed by atoms with E-state index in [1.54, 1.807) is 0 Å². The normalized spacial score (nSPS) is 11.6. The number of anilines is 6. The summed E-state index contributed by atoms with van der Waals surface area (Å²) in [5.41, 5.74) is 29.8. The highest BCUT2D eigenvalue weighted by Gasteiger charge is 2.24. The summed E-state index contributed by atoms with van der Waals surface area (Å²) in [5, 5.41) is 20.2. The average Bonchev–Trinajstić information content (AvgIpc) is 1.69. The molecule has 2 heterocycles. The lowest BCUT2D eigenvalue weighted by molar-refractivity contribution is 1.17. The smallest absolute Gasteiger partial charge is 0.0541 e. The monoisotopic (exact) mass is 1590 g/mol. The molecule has 0 amide bonds. The van der Waals surface area contributed by atoms with Crippen molar-refractivity contribution in [2.24, 2.45) is 0 Å². The molecule has 586 valence electrons. The Kier molecular flexibility index (Phi) is 18.5. The third kappa shape index (κ3) is 13.1. The van der Waals surface area contributed by atoms with Crippen LogP contribution in [0.1, 0.15) is 5.56 Å². The number of aryl methyl sites for hydroxylation is 1. The number of fused-ring (bicyclic) bond motifs is 12. The highest BCUT2D eigenvalue weighted by molar-refractivity contribution is 6.25. The van der Waals surface area contributed by atoms with Gasteiger partial charge in [0.25, 0.3) is 0 Å². The molecule has 24 aromatic rings. The number of aromatic nitrogens is 2. The molecule has 4 nitrogen and oxygen atoms in total. The van der Waals surface area contributed by atoms with Gasteiger partial charge in [-0.05, 0) is 266 Å². The van der Waals surface area contributed by atoms with Gasteiger partial charge in [0.2, 0.25) is 0 Å². The van der Waals surface area contributed by atoms with Gasteiger partial charge >= 0.3 is 0 Å². The molecule has 0 radical (unpaired) electrons. The van der Waals surface area contributed by atoms with E-state index >= 15 is 0 Å². The molecule has 24 rings (SSSR count). The first-order valence-corrected chi connectivity index (χ1v) is 43.1. The number of rotatable bonds is 14. The first-order chi connectivity index (χ1) is 61.9. The standard InChI is InChI=1S/C61H42N2.C60H40N2/c1-41-26-39-56-57(40-41)60(54-21-7-8-22-55(54)61(56)53-23-13-15-44-14-5-6-18-50(44)53)45-29-27-42(28-30-45)43-31-33-47(34-32-43)62(46-16-3-2-4-17-46)48-35-37-49(38-36-48)63-58-24-11-9-19-51(58)52-20-10-12-25-59(52)63;1-2-16-47(17-3-1)61(49-36-38-50(39-37-49)62-57-24-12-10-18-51(57)52-19-11-13-25-58(52)62)48-34-32-43(33-35-48)42-26-29-44(30-27-42)59-53-20-6-8-22-55(53)60(56-23-9-7-21-54(56)59)46-31-28-41-14-4-5-15-45(41)40-46/h2-40H,1H3;1-40H. The first-order valence-electron chi connectivity index (χ1n) is 43.1. The number of para-hydroxylation sites is 6. The van der Waals surface area contributed by atoms with Crippen molar-refractivity contribution in [1.82, 2.24) is 9.13 Å². The second kappa shape index (κ2) is 31.3. The molecule has 0 bridgehead atoms. The third-order valence-corrected chi connectivity index (χ3v) is 25.4. The van der Waals surface area contributed by atoms with Crippen molar-refractivity contribution < 1.29 is 0 Å². The van der Waals surface area contributed by atoms with E-state index in [-0.39, 0.29) is 0 Å². The largest absolute Gasteiger partial charge is 0.311 e. The molecule has 0 N–H and O–H groups in total. The summed E-state index contributed by atoms with van der Waals surface area (Å²) in [6, 6.07) is 175. The molecule has 0 aliphatic heterocycles. The lowest BCUT2D eigenvalue weighted by atomic mass is 9.84. The highest BCUT2D eigenvalue weighted by atomic mass is 15.1. The van der Waals surface area contributed by atoms with E-state index in [0.717, 1.165) is 45.5 Å². The van der Waals surface area contributed by atoms with Crippen molar-refractivity contribution in [1.29, 1.82) is 0 Å². The van der Waals surface area contributed by atoms with Gasteiger partial charge in [0.15, 0.2) is 0 Å². The SMILES string of the molecule is Cc1ccc2c(-c3cccc4ccccc34)c3ccccc3c(-c3ccc(-c4ccc(N(c5ccccc5)c5ccc(-n6c7ccccc7c7ccccc76)cc5)cc4)cc3)c2c1.c1ccc(N(c2ccc(-c3ccc(-c4c5ccccc5c(-c5ccc6ccccc6c5)c5ccccc45)cc3)cc2)c2ccc(-n3c4ccccc4c4ccccc43)cc2)cc1. The van der Waals surface area contributed by atoms with E-state index < -0.39 is 0 Å². The van der Waals surface area contributed by atoms with E-state index in [2.05, 4.69) is 505 Å². The highest BCUT2D eigenvalue weighted by Crippen LogP contribution is 2.50. The minimum atomic E-state index is 1.10. The van der Waals surface area contributed by atoms with Crippen molar-refractivity contribution in [3.63, 3.8) is 0 Å². The van der Waals surface area contributed by atoms with Gasteiger partial charge in [-0.25, -0.2) is 0 Å². The fourth-order valence-corrected chi connectivity index (χ4v) is 19.6. The fourth-order valence-electron chi connectivity index (χ4n) is 19.6. The molecule has 22 aromatic carbocycles. The predicted molar refractivity (Wildman–Crippen MR) is 533 cm³/mol. The average molecular weight is 1590 g/mol. The van der Waals surface area contributed by atoms with E-state index in [4.69, 9.17) is 0 Å². The van der Waals surface area contributed by atoms with Gasteiger partial charge in [-0.1, -0.05) is 357 Å². The number of hydrogen-bond donors (Lipinski definition) is 0. The Bertz CT molecular complexity index is 8070. The number of nitrogens with zero attached hydrogens (tertiary/aromatic N) is 4. The molecular formula is C121H82N4. The van der Waals surface area contributed by atoms with Crippen LogP contribution in [0.3, 0.4) is 0 Å². The van der Waals surface area contributed by atoms with Crippen LogP contribution in [0.25, 0.3) is 186 Å². The van der Waals surface area contributed by atoms with Crippen LogP contribution in [0.4, 0.5) is 34.1 Å². The molecular weight excluding hydrogens is 1510 g/mol. The van der Waals surface area contributed by atoms with Gasteiger partial charge in [0.05, 0.1) is 22.1 Å². The van der Waals surface area contributed by atoms with Gasteiger partial charge in [-0.2, -0.15) is 0 Å². The van der Waals surface area contributed by atoms with Crippen LogP contribution in [0, 0.1) is 6.92 Å². The summed E-state index contributed by atoms with van der Waals surface area (Å²) in [5.74, 6) is 0. The lowest BCUT2D eigenvalue weighted by Gasteiger charge is -2.26. The Labute approximate surface area is 726 Å². The summed E-state index contributed by atoms with van der Waals surface area (Å²) in [4.78, 5) is 4.67. The summed E-state index contributed by atoms with van der Waals surface area (Å²) in [7, 11) is 0. The van der Waals surface area contributed by atoms with Gasteiger partial charge in [-0.3, -0.25) is 0 Å². The maximum atomic E-state index is 2.37. The van der Waals surface area contributed by atoms with Crippen LogP contribution in [-0.2, 0) is 0 Å². The van der Waals surface area contributed by atoms with Crippen molar-refractivity contribution in [2.75, 3.05) is 9.80 Å². The molecule has 0 unspecified atom stereocenters. The molecule has 0 fully saturated rings. The van der Waals surface area contributed by atoms with Gasteiger partial charge in [0, 0.05) is 67.0 Å². The molecule has 0 saturated heterocycles. The molecule has 2 aromatic heterocycles. The summed E-state index contributed by atoms with van der Waals surface area (Å²) in [6.07, 6.45) is 0. The zero-order valence-electron chi connectivity index (χ0n) is 68.9. The van der Waals surface area contributed by atoms with E-state index in [9.17, 15) is 0 Å². The minimum absolute atomic E-state index is 1.10. The van der Waals surface area contributed by atoms with E-state index in [1.165, 1.54) is 181 Å². The number of hydrogen-bond acceptors (Lipinski definition) is 2. The van der Waals surface area contributed by atoms with Crippen molar-refractivity contribution in [2.45, 2.75) is 6.92 Å². The molecule has 0 atom stereocenters. The van der Waals surface area contributed by atoms with Crippen molar-refractivity contribution >= 4 is 142 Å². The predicted octanol–water partition coefficient (Wildman–Crippen LogP) is 33.7. The van der Waals surface area contributed by atoms with Crippen LogP contribution in [0.5, 0.6) is 0 Å². The van der Waals surface area contributed by atoms with Crippen molar-refractivity contribution in [3.05, 3.63) is 485 Å². The van der Waals surface area contributed by atoms with E-state index in [1.807, 2.05) is 0 Å². The molecule has 125 heavy (non-hydrogen) atoms. The fraction of sp³-hybridized carbons (Fsp3) is 0.00826. The second-order valence-electron chi connectivity index (χ2n) is 32.6. The topological polar surface area (TPSA) is 16.3 Å². The maximum Gasteiger partial charge on any atom is 0.0541 e. The van der Waals surface area contributed by atoms with E-state index in [0.29, 0.717) is 0 Å². The van der Waals surface area contributed by atoms with Gasteiger partial charge < -0.3 is 18.9 Å². The van der Waals surface area contributed by atoms with Gasteiger partial charge in [-0.15, -0.1) is 0 Å². The maximum absolute atomic E-state index is 2.37. The Morgan fingerprint density at radius 2 is 0.440 bits per heavy atom. The Morgan fingerprint density at radius 3 is 0.856 bits per heavy atom. The zero-order chi connectivity index (χ0) is 82.8. The number of benzene rings is 22. The quantitative estimate of drug-likeness (QED) is 0.101. The van der Waals surface area contributed by atoms with Crippen LogP contribution in [0.2, 0.25) is 0 Å². The molecule has 0 aliphatic rings. The van der Waals surface area contributed by atoms with Gasteiger partial charge in [0.1, 0.15) is 0 Å². The lowest BCUT2D eigenvalue weighted by Crippen LogP contribution is -2.10. The van der Waals surface area contributed by atoms with Crippen LogP contribution >= 0.6 is 0 Å². The second-order valence-corrected chi connectivity index (χ2v) is 32.6. The summed E-state index contributed by atoms with van der Waals surface area (Å²) >= 11 is 0. The Hall–Kier alpha value is -16.4. The minimum Gasteiger partial charge on any atom is -0.311 e. The molecule has 0 spiro atoms. The molecule has 4 heteroatoms. The molecule has 0 aliphatic carbocycles. The van der Waals surface area contributed by atoms with Crippen molar-refractivity contribution in [3.8, 4) is 78.1 Å². The Morgan fingerprint density at radius 1 is 0.160 bits per heavy atom. The summed E-state index contributed by atoms with van der Waals surface area (Å²) < 4.78 is 4.74. The molecule has 0 saturated carbocycles. The van der Waals surface area contributed by atoms with Crippen LogP contribution in [-0.4, -0.2) is 9.13 Å².